The van der Waals surface area contributed by atoms with Gasteiger partial charge in [0.1, 0.15) is 0 Å². The van der Waals surface area contributed by atoms with Crippen LogP contribution in [0.1, 0.15) is 71.6 Å². The summed E-state index contributed by atoms with van der Waals surface area (Å²) in [4.78, 5) is 9.76. The minimum Gasteiger partial charge on any atom is -0.356 e. The Hall–Kier alpha value is -1.71. The molecule has 0 aromatic carbocycles. The molecule has 0 amide bonds. The van der Waals surface area contributed by atoms with Crippen molar-refractivity contribution in [1.82, 2.24) is 14.8 Å². The number of hydroxylamine groups is 1. The van der Waals surface area contributed by atoms with E-state index >= 15 is 0 Å². The molecule has 0 radical (unpaired) electrons. The molecule has 3 N–H and O–H groups in total. The lowest BCUT2D eigenvalue weighted by atomic mass is 9.90. The first-order valence-electron chi connectivity index (χ1n) is 11.5. The van der Waals surface area contributed by atoms with Crippen molar-refractivity contribution in [2.45, 2.75) is 76.9 Å². The fraction of sp³-hybridized carbons (Fsp3) is 0.727. The van der Waals surface area contributed by atoms with Crippen molar-refractivity contribution in [3.63, 3.8) is 0 Å². The van der Waals surface area contributed by atoms with Crippen molar-refractivity contribution in [2.75, 3.05) is 25.0 Å². The van der Waals surface area contributed by atoms with E-state index in [9.17, 15) is 8.42 Å². The second-order valence-electron chi connectivity index (χ2n) is 8.50. The molecule has 176 valence electrons. The van der Waals surface area contributed by atoms with E-state index in [1.807, 2.05) is 12.1 Å². The molecule has 2 rings (SSSR count). The lowest BCUT2D eigenvalue weighted by molar-refractivity contribution is -0.103. The zero-order valence-electron chi connectivity index (χ0n) is 19.0. The normalized spacial score (nSPS) is 15.4. The molecule has 1 aromatic heterocycles. The Bertz CT molecular complexity index is 737. The minimum absolute atomic E-state index is 0.261. The van der Waals surface area contributed by atoms with Crippen LogP contribution in [-0.4, -0.2) is 48.8 Å². The highest BCUT2D eigenvalue weighted by molar-refractivity contribution is 7.89. The quantitative estimate of drug-likeness (QED) is 0.179. The third-order valence-corrected chi connectivity index (χ3v) is 7.62. The summed E-state index contributed by atoms with van der Waals surface area (Å²) in [6, 6.07) is 3.62. The van der Waals surface area contributed by atoms with Gasteiger partial charge in [-0.15, -0.1) is 0 Å². The van der Waals surface area contributed by atoms with Crippen LogP contribution in [0.2, 0.25) is 0 Å². The Morgan fingerprint density at radius 1 is 1.16 bits per heavy atom. The first kappa shape index (κ1) is 25.5. The number of guanidine groups is 1. The molecular formula is C22H39N5O3S. The zero-order chi connectivity index (χ0) is 22.5. The monoisotopic (exact) mass is 453 g/mol. The molecule has 0 aliphatic heterocycles. The molecule has 1 aromatic rings. The van der Waals surface area contributed by atoms with Crippen LogP contribution >= 0.6 is 0 Å². The predicted octanol–water partition coefficient (Wildman–Crippen LogP) is 4.13. The summed E-state index contributed by atoms with van der Waals surface area (Å²) in [6.07, 6.45) is 12.9. The molecule has 0 bridgehead atoms. The standard InChI is InChI=1S/C22H39N5O3S/c1-19(2)31(28,29)27(30-18-20-10-6-5-7-11-20)17-9-4-3-8-14-25-22(23)26-21-12-15-24-16-13-21/h12-13,15-16,19-20H,3-11,14,17-18H2,1-2H3,(H3,23,24,25,26). The van der Waals surface area contributed by atoms with E-state index in [4.69, 9.17) is 10.2 Å². The summed E-state index contributed by atoms with van der Waals surface area (Å²) in [5.74, 6) is 0.734. The van der Waals surface area contributed by atoms with Crippen LogP contribution in [0.15, 0.2) is 24.5 Å². The highest BCUT2D eigenvalue weighted by Crippen LogP contribution is 2.24. The van der Waals surface area contributed by atoms with Gasteiger partial charge in [-0.2, -0.15) is 0 Å². The SMILES string of the molecule is CC(C)S(=O)(=O)N(CCCCCCNC(=N)Nc1ccncc1)OCC1CCCCC1. The summed E-state index contributed by atoms with van der Waals surface area (Å²) in [7, 11) is -3.42. The smallest absolute Gasteiger partial charge is 0.238 e. The molecule has 1 aliphatic carbocycles. The highest BCUT2D eigenvalue weighted by atomic mass is 32.2. The first-order chi connectivity index (χ1) is 14.9. The molecule has 1 aliphatic rings. The Kier molecular flexibility index (Phi) is 11.2. The van der Waals surface area contributed by atoms with Crippen LogP contribution in [0.4, 0.5) is 5.69 Å². The van der Waals surface area contributed by atoms with Crippen LogP contribution in [0.3, 0.4) is 0 Å². The average Bonchev–Trinajstić information content (AvgIpc) is 2.76. The van der Waals surface area contributed by atoms with E-state index < -0.39 is 15.3 Å². The van der Waals surface area contributed by atoms with E-state index in [2.05, 4.69) is 15.6 Å². The van der Waals surface area contributed by atoms with Gasteiger partial charge >= 0.3 is 0 Å². The summed E-state index contributed by atoms with van der Waals surface area (Å²) in [5.41, 5.74) is 0.826. The molecule has 0 atom stereocenters. The molecule has 0 spiro atoms. The van der Waals surface area contributed by atoms with Crippen LogP contribution in [0, 0.1) is 11.3 Å². The molecule has 0 saturated heterocycles. The number of nitrogens with zero attached hydrogens (tertiary/aromatic N) is 2. The lowest BCUT2D eigenvalue weighted by Crippen LogP contribution is -2.38. The van der Waals surface area contributed by atoms with Crippen LogP contribution in [0.5, 0.6) is 0 Å². The van der Waals surface area contributed by atoms with E-state index in [0.29, 0.717) is 25.6 Å². The van der Waals surface area contributed by atoms with Gasteiger partial charge in [0.05, 0.1) is 11.9 Å². The first-order valence-corrected chi connectivity index (χ1v) is 13.0. The molecule has 1 fully saturated rings. The third kappa shape index (κ3) is 9.53. The molecule has 1 heterocycles. The number of rotatable bonds is 13. The van der Waals surface area contributed by atoms with Gasteiger partial charge in [0.15, 0.2) is 5.96 Å². The third-order valence-electron chi connectivity index (χ3n) is 5.58. The number of sulfonamides is 1. The molecule has 1 saturated carbocycles. The lowest BCUT2D eigenvalue weighted by Gasteiger charge is -2.27. The average molecular weight is 454 g/mol. The largest absolute Gasteiger partial charge is 0.356 e. The molecule has 8 nitrogen and oxygen atoms in total. The number of hydrogen-bond acceptors (Lipinski definition) is 5. The van der Waals surface area contributed by atoms with Gasteiger partial charge in [0, 0.05) is 31.2 Å². The van der Waals surface area contributed by atoms with E-state index in [1.54, 1.807) is 26.2 Å². The van der Waals surface area contributed by atoms with Crippen LogP contribution in [-0.2, 0) is 14.9 Å². The Morgan fingerprint density at radius 2 is 1.84 bits per heavy atom. The maximum Gasteiger partial charge on any atom is 0.238 e. The number of nitrogens with one attached hydrogen (secondary N) is 3. The number of pyridine rings is 1. The van der Waals surface area contributed by atoms with Gasteiger partial charge < -0.3 is 10.6 Å². The Labute approximate surface area is 187 Å². The number of unbranched alkanes of at least 4 members (excludes halogenated alkanes) is 3. The molecule has 31 heavy (non-hydrogen) atoms. The minimum atomic E-state index is -3.42. The maximum atomic E-state index is 12.7. The van der Waals surface area contributed by atoms with Crippen molar-refractivity contribution in [3.05, 3.63) is 24.5 Å². The number of anilines is 1. The van der Waals surface area contributed by atoms with Gasteiger partial charge in [-0.1, -0.05) is 36.6 Å². The summed E-state index contributed by atoms with van der Waals surface area (Å²) in [5, 5.41) is 13.4. The van der Waals surface area contributed by atoms with E-state index in [-0.39, 0.29) is 5.96 Å². The van der Waals surface area contributed by atoms with E-state index in [1.165, 1.54) is 23.7 Å². The van der Waals surface area contributed by atoms with Crippen LogP contribution in [0.25, 0.3) is 0 Å². The van der Waals surface area contributed by atoms with Gasteiger partial charge in [-0.25, -0.2) is 8.42 Å². The second-order valence-corrected chi connectivity index (χ2v) is 10.9. The second kappa shape index (κ2) is 13.6. The van der Waals surface area contributed by atoms with Gasteiger partial charge in [-0.05, 0) is 57.6 Å². The topological polar surface area (TPSA) is 107 Å². The Balaban J connectivity index is 1.63. The van der Waals surface area contributed by atoms with Crippen molar-refractivity contribution in [1.29, 1.82) is 5.41 Å². The number of hydrogen-bond donors (Lipinski definition) is 3. The molecule has 0 unspecified atom stereocenters. The maximum absolute atomic E-state index is 12.7. The Morgan fingerprint density at radius 3 is 2.52 bits per heavy atom. The van der Waals surface area contributed by atoms with Crippen molar-refractivity contribution >= 4 is 21.7 Å². The van der Waals surface area contributed by atoms with Gasteiger partial charge in [0.2, 0.25) is 10.0 Å². The highest BCUT2D eigenvalue weighted by Gasteiger charge is 2.27. The summed E-state index contributed by atoms with van der Waals surface area (Å²) in [6.45, 7) is 5.01. The fourth-order valence-corrected chi connectivity index (χ4v) is 4.66. The molecule has 9 heteroatoms. The molecular weight excluding hydrogens is 414 g/mol. The van der Waals surface area contributed by atoms with E-state index in [0.717, 1.165) is 44.2 Å². The van der Waals surface area contributed by atoms with Crippen LogP contribution < -0.4 is 10.6 Å². The fourth-order valence-electron chi connectivity index (χ4n) is 3.60. The zero-order valence-corrected chi connectivity index (χ0v) is 19.8. The van der Waals surface area contributed by atoms with Crippen molar-refractivity contribution < 1.29 is 13.3 Å². The van der Waals surface area contributed by atoms with Gasteiger partial charge in [0.25, 0.3) is 0 Å². The van der Waals surface area contributed by atoms with Gasteiger partial charge in [-0.3, -0.25) is 15.2 Å². The van der Waals surface area contributed by atoms with Crippen molar-refractivity contribution in [2.24, 2.45) is 5.92 Å². The number of aromatic nitrogens is 1. The predicted molar refractivity (Wildman–Crippen MR) is 125 cm³/mol. The summed E-state index contributed by atoms with van der Waals surface area (Å²) >= 11 is 0. The summed E-state index contributed by atoms with van der Waals surface area (Å²) < 4.78 is 26.6. The van der Waals surface area contributed by atoms with Crippen molar-refractivity contribution in [3.8, 4) is 0 Å².